The lowest BCUT2D eigenvalue weighted by Gasteiger charge is -2.29. The molecule has 1 heterocycles. The molecule has 0 fully saturated rings. The minimum atomic E-state index is 1.09. The topological polar surface area (TPSA) is 8.17 Å². The summed E-state index contributed by atoms with van der Waals surface area (Å²) in [6.07, 6.45) is 0. The van der Waals surface area contributed by atoms with E-state index in [0.29, 0.717) is 0 Å². The molecule has 0 aliphatic carbocycles. The monoisotopic (exact) mass is 738 g/mol. The van der Waals surface area contributed by atoms with Gasteiger partial charge in [0, 0.05) is 33.1 Å². The van der Waals surface area contributed by atoms with E-state index in [0.717, 1.165) is 22.7 Å². The first kappa shape index (κ1) is 33.6. The highest BCUT2D eigenvalue weighted by atomic mass is 15.1. The Labute approximate surface area is 338 Å². The van der Waals surface area contributed by atoms with Gasteiger partial charge in [0.05, 0.1) is 22.4 Å². The number of benzene rings is 10. The van der Waals surface area contributed by atoms with Gasteiger partial charge in [-0.05, 0) is 92.5 Å². The van der Waals surface area contributed by atoms with E-state index in [1.165, 1.54) is 76.7 Å². The van der Waals surface area contributed by atoms with Gasteiger partial charge >= 0.3 is 0 Å². The van der Waals surface area contributed by atoms with E-state index >= 15 is 0 Å². The smallest absolute Gasteiger partial charge is 0.0541 e. The van der Waals surface area contributed by atoms with Gasteiger partial charge in [0.15, 0.2) is 0 Å². The minimum absolute atomic E-state index is 1.09. The maximum Gasteiger partial charge on any atom is 0.0541 e. The average Bonchev–Trinajstić information content (AvgIpc) is 3.64. The van der Waals surface area contributed by atoms with E-state index in [-0.39, 0.29) is 0 Å². The van der Waals surface area contributed by atoms with Gasteiger partial charge in [-0.25, -0.2) is 0 Å². The number of fused-ring (bicyclic) bond motifs is 5. The van der Waals surface area contributed by atoms with Crippen LogP contribution in [0.15, 0.2) is 231 Å². The quantitative estimate of drug-likeness (QED) is 0.158. The molecule has 0 radical (unpaired) electrons. The zero-order valence-corrected chi connectivity index (χ0v) is 31.8. The molecule has 0 amide bonds. The van der Waals surface area contributed by atoms with Crippen molar-refractivity contribution >= 4 is 60.4 Å². The van der Waals surface area contributed by atoms with Crippen LogP contribution in [0.1, 0.15) is 0 Å². The molecule has 0 saturated carbocycles. The minimum Gasteiger partial charge on any atom is -0.309 e. The van der Waals surface area contributed by atoms with Crippen molar-refractivity contribution in [3.8, 4) is 39.1 Å². The highest BCUT2D eigenvalue weighted by Crippen LogP contribution is 2.46. The molecular formula is C56H38N2. The summed E-state index contributed by atoms with van der Waals surface area (Å²) in [6, 6.07) is 83.6. The van der Waals surface area contributed by atoms with Gasteiger partial charge in [0.2, 0.25) is 0 Å². The van der Waals surface area contributed by atoms with Crippen molar-refractivity contribution in [3.63, 3.8) is 0 Å². The van der Waals surface area contributed by atoms with Crippen LogP contribution in [-0.4, -0.2) is 4.57 Å². The summed E-state index contributed by atoms with van der Waals surface area (Å²) in [5.41, 5.74) is 14.1. The van der Waals surface area contributed by atoms with Crippen LogP contribution in [0.5, 0.6) is 0 Å². The molecule has 11 rings (SSSR count). The number of nitrogens with zero attached hydrogens (tertiary/aromatic N) is 2. The van der Waals surface area contributed by atoms with Crippen molar-refractivity contribution in [2.75, 3.05) is 4.90 Å². The first-order chi connectivity index (χ1) is 28.8. The summed E-state index contributed by atoms with van der Waals surface area (Å²) in [5.74, 6) is 0. The Morgan fingerprint density at radius 3 is 1.52 bits per heavy atom. The number of para-hydroxylation sites is 3. The third-order valence-electron chi connectivity index (χ3n) is 11.6. The summed E-state index contributed by atoms with van der Waals surface area (Å²) < 4.78 is 2.37. The molecular weight excluding hydrogens is 701 g/mol. The second-order valence-electron chi connectivity index (χ2n) is 14.9. The van der Waals surface area contributed by atoms with E-state index in [1.807, 2.05) is 0 Å². The van der Waals surface area contributed by atoms with Gasteiger partial charge in [-0.15, -0.1) is 0 Å². The average molecular weight is 739 g/mol. The van der Waals surface area contributed by atoms with Crippen LogP contribution in [0.4, 0.5) is 17.1 Å². The van der Waals surface area contributed by atoms with Crippen LogP contribution in [0, 0.1) is 0 Å². The molecule has 0 aliphatic heterocycles. The van der Waals surface area contributed by atoms with Gasteiger partial charge in [-0.1, -0.05) is 182 Å². The van der Waals surface area contributed by atoms with Crippen LogP contribution in [0.25, 0.3) is 82.4 Å². The predicted octanol–water partition coefficient (Wildman–Crippen LogP) is 15.6. The molecule has 0 N–H and O–H groups in total. The molecule has 2 nitrogen and oxygen atoms in total. The van der Waals surface area contributed by atoms with Crippen LogP contribution in [0.2, 0.25) is 0 Å². The first-order valence-corrected chi connectivity index (χ1v) is 19.9. The highest BCUT2D eigenvalue weighted by Gasteiger charge is 2.21. The number of hydrogen-bond donors (Lipinski definition) is 0. The fourth-order valence-electron chi connectivity index (χ4n) is 8.92. The SMILES string of the molecule is c1ccc(-c2ccccc2N(c2ccc(-c3ccc(-n4c5ccccc5c5ccccc54)cc3)cc2)c2ccc(-c3cccc4ccccc34)c3ccccc23)cc1. The van der Waals surface area contributed by atoms with Gasteiger partial charge in [0.25, 0.3) is 0 Å². The van der Waals surface area contributed by atoms with Crippen molar-refractivity contribution in [3.05, 3.63) is 231 Å². The molecule has 0 bridgehead atoms. The Morgan fingerprint density at radius 1 is 0.276 bits per heavy atom. The van der Waals surface area contributed by atoms with Crippen molar-refractivity contribution in [2.45, 2.75) is 0 Å². The summed E-state index contributed by atoms with van der Waals surface area (Å²) in [7, 11) is 0. The molecule has 0 aliphatic rings. The van der Waals surface area contributed by atoms with Crippen molar-refractivity contribution in [2.24, 2.45) is 0 Å². The Balaban J connectivity index is 1.04. The molecule has 10 aromatic carbocycles. The first-order valence-electron chi connectivity index (χ1n) is 19.9. The number of rotatable bonds is 7. The standard InChI is InChI=1S/C56H38N2/c1-2-15-42(16-3-1)46-20-8-11-26-53(46)57(56-38-37-49(48-21-6-7-22-50(48)56)47-25-14-18-41-17-4-5-19-45(41)47)43-33-29-39(30-34-43)40-31-35-44(36-32-40)58-54-27-12-9-23-51(54)52-24-10-13-28-55(52)58/h1-38H. The van der Waals surface area contributed by atoms with Crippen molar-refractivity contribution in [1.29, 1.82) is 0 Å². The van der Waals surface area contributed by atoms with Crippen LogP contribution < -0.4 is 4.90 Å². The van der Waals surface area contributed by atoms with Gasteiger partial charge in [-0.3, -0.25) is 0 Å². The van der Waals surface area contributed by atoms with Crippen molar-refractivity contribution in [1.82, 2.24) is 4.57 Å². The maximum atomic E-state index is 2.44. The zero-order chi connectivity index (χ0) is 38.4. The molecule has 272 valence electrons. The predicted molar refractivity (Wildman–Crippen MR) is 247 cm³/mol. The lowest BCUT2D eigenvalue weighted by Crippen LogP contribution is -2.12. The Bertz CT molecular complexity index is 3210. The van der Waals surface area contributed by atoms with E-state index in [4.69, 9.17) is 0 Å². The normalized spacial score (nSPS) is 11.4. The number of hydrogen-bond acceptors (Lipinski definition) is 1. The summed E-state index contributed by atoms with van der Waals surface area (Å²) in [4.78, 5) is 2.44. The van der Waals surface area contributed by atoms with Crippen LogP contribution in [-0.2, 0) is 0 Å². The Kier molecular flexibility index (Phi) is 8.19. The van der Waals surface area contributed by atoms with Gasteiger partial charge < -0.3 is 9.47 Å². The maximum absolute atomic E-state index is 2.44. The molecule has 0 unspecified atom stereocenters. The lowest BCUT2D eigenvalue weighted by molar-refractivity contribution is 1.18. The lowest BCUT2D eigenvalue weighted by atomic mass is 9.92. The number of aromatic nitrogens is 1. The van der Waals surface area contributed by atoms with Gasteiger partial charge in [-0.2, -0.15) is 0 Å². The van der Waals surface area contributed by atoms with E-state index in [9.17, 15) is 0 Å². The molecule has 1 aromatic heterocycles. The van der Waals surface area contributed by atoms with E-state index in [2.05, 4.69) is 240 Å². The van der Waals surface area contributed by atoms with E-state index < -0.39 is 0 Å². The molecule has 11 aromatic rings. The van der Waals surface area contributed by atoms with Crippen LogP contribution in [0.3, 0.4) is 0 Å². The van der Waals surface area contributed by atoms with Gasteiger partial charge in [0.1, 0.15) is 0 Å². The molecule has 2 heteroatoms. The second-order valence-corrected chi connectivity index (χ2v) is 14.9. The van der Waals surface area contributed by atoms with Crippen molar-refractivity contribution < 1.29 is 0 Å². The summed E-state index contributed by atoms with van der Waals surface area (Å²) in [6.45, 7) is 0. The Hall–Kier alpha value is -7.68. The van der Waals surface area contributed by atoms with Crippen LogP contribution >= 0.6 is 0 Å². The zero-order valence-electron chi connectivity index (χ0n) is 31.8. The fourth-order valence-corrected chi connectivity index (χ4v) is 8.92. The van der Waals surface area contributed by atoms with E-state index in [1.54, 1.807) is 0 Å². The fraction of sp³-hybridized carbons (Fsp3) is 0. The highest BCUT2D eigenvalue weighted by molar-refractivity contribution is 6.11. The Morgan fingerprint density at radius 2 is 0.793 bits per heavy atom. The molecule has 0 saturated heterocycles. The third-order valence-corrected chi connectivity index (χ3v) is 11.6. The summed E-state index contributed by atoms with van der Waals surface area (Å²) in [5, 5.41) is 7.46. The second kappa shape index (κ2) is 14.1. The summed E-state index contributed by atoms with van der Waals surface area (Å²) >= 11 is 0. The third kappa shape index (κ3) is 5.66. The number of anilines is 3. The largest absolute Gasteiger partial charge is 0.309 e. The molecule has 0 spiro atoms. The molecule has 58 heavy (non-hydrogen) atoms. The molecule has 0 atom stereocenters.